The van der Waals surface area contributed by atoms with Crippen LogP contribution < -0.4 is 5.73 Å². The SMILES string of the molecule is CCCCCCCCCCc1ccc(C(=O)N(C)CCCN)cc1.Cl. The van der Waals surface area contributed by atoms with Crippen molar-refractivity contribution in [3.63, 3.8) is 0 Å². The molecule has 0 radical (unpaired) electrons. The first-order chi connectivity index (χ1) is 11.7. The van der Waals surface area contributed by atoms with E-state index < -0.39 is 0 Å². The Kier molecular flexibility index (Phi) is 14.6. The lowest BCUT2D eigenvalue weighted by Crippen LogP contribution is -2.28. The molecule has 1 amide bonds. The number of carbonyl (C=O) groups excluding carboxylic acids is 1. The van der Waals surface area contributed by atoms with Crippen molar-refractivity contribution in [2.75, 3.05) is 20.1 Å². The molecule has 0 atom stereocenters. The summed E-state index contributed by atoms with van der Waals surface area (Å²) in [6.45, 7) is 3.60. The average molecular weight is 369 g/mol. The average Bonchev–Trinajstić information content (AvgIpc) is 2.61. The summed E-state index contributed by atoms with van der Waals surface area (Å²) in [6, 6.07) is 8.12. The highest BCUT2D eigenvalue weighted by molar-refractivity contribution is 5.94. The van der Waals surface area contributed by atoms with Gasteiger partial charge < -0.3 is 10.6 Å². The fourth-order valence-corrected chi connectivity index (χ4v) is 2.93. The number of unbranched alkanes of at least 4 members (excludes halogenated alkanes) is 7. The first-order valence-electron chi connectivity index (χ1n) is 9.73. The molecular formula is C21H37ClN2O. The normalized spacial score (nSPS) is 10.4. The molecule has 0 aromatic heterocycles. The van der Waals surface area contributed by atoms with Gasteiger partial charge in [0.1, 0.15) is 0 Å². The van der Waals surface area contributed by atoms with Crippen LogP contribution in [0.5, 0.6) is 0 Å². The van der Waals surface area contributed by atoms with Gasteiger partial charge in [0.15, 0.2) is 0 Å². The Morgan fingerprint density at radius 3 is 2.04 bits per heavy atom. The second kappa shape index (κ2) is 15.2. The molecule has 0 bridgehead atoms. The van der Waals surface area contributed by atoms with E-state index in [9.17, 15) is 4.79 Å². The summed E-state index contributed by atoms with van der Waals surface area (Å²) in [7, 11) is 1.84. The summed E-state index contributed by atoms with van der Waals surface area (Å²) in [5, 5.41) is 0. The number of rotatable bonds is 13. The third kappa shape index (κ3) is 10.5. The van der Waals surface area contributed by atoms with E-state index in [1.807, 2.05) is 19.2 Å². The van der Waals surface area contributed by atoms with Crippen LogP contribution in [0.15, 0.2) is 24.3 Å². The van der Waals surface area contributed by atoms with Crippen LogP contribution in [-0.4, -0.2) is 30.9 Å². The highest BCUT2D eigenvalue weighted by atomic mass is 35.5. The lowest BCUT2D eigenvalue weighted by Gasteiger charge is -2.16. The fraction of sp³-hybridized carbons (Fsp3) is 0.667. The summed E-state index contributed by atoms with van der Waals surface area (Å²) in [6.07, 6.45) is 12.7. The smallest absolute Gasteiger partial charge is 0.253 e. The van der Waals surface area contributed by atoms with E-state index >= 15 is 0 Å². The molecular weight excluding hydrogens is 332 g/mol. The third-order valence-corrected chi connectivity index (χ3v) is 4.56. The number of aryl methyl sites for hydroxylation is 1. The standard InChI is InChI=1S/C21H36N2O.ClH/c1-3-4-5-6-7-8-9-10-12-19-13-15-20(16-14-19)21(24)23(2)18-11-17-22;/h13-16H,3-12,17-18,22H2,1-2H3;1H. The van der Waals surface area contributed by atoms with Gasteiger partial charge in [0.25, 0.3) is 5.91 Å². The molecule has 1 rings (SSSR count). The van der Waals surface area contributed by atoms with E-state index in [4.69, 9.17) is 5.73 Å². The topological polar surface area (TPSA) is 46.3 Å². The molecule has 1 aromatic rings. The Balaban J connectivity index is 0.00000576. The molecule has 2 N–H and O–H groups in total. The van der Waals surface area contributed by atoms with Gasteiger partial charge in [-0.2, -0.15) is 0 Å². The minimum Gasteiger partial charge on any atom is -0.342 e. The number of carbonyl (C=O) groups is 1. The van der Waals surface area contributed by atoms with Gasteiger partial charge in [-0.15, -0.1) is 12.4 Å². The predicted molar refractivity (Wildman–Crippen MR) is 111 cm³/mol. The van der Waals surface area contributed by atoms with Crippen molar-refractivity contribution in [1.82, 2.24) is 4.90 Å². The lowest BCUT2D eigenvalue weighted by molar-refractivity contribution is 0.0794. The summed E-state index contributed by atoms with van der Waals surface area (Å²) in [4.78, 5) is 14.0. The van der Waals surface area contributed by atoms with Crippen LogP contribution in [0, 0.1) is 0 Å². The highest BCUT2D eigenvalue weighted by Gasteiger charge is 2.10. The minimum atomic E-state index is 0. The first-order valence-corrected chi connectivity index (χ1v) is 9.73. The van der Waals surface area contributed by atoms with E-state index in [2.05, 4.69) is 19.1 Å². The fourth-order valence-electron chi connectivity index (χ4n) is 2.93. The van der Waals surface area contributed by atoms with Crippen molar-refractivity contribution in [2.45, 2.75) is 71.1 Å². The number of hydrogen-bond donors (Lipinski definition) is 1. The van der Waals surface area contributed by atoms with Crippen LogP contribution in [0.1, 0.15) is 80.6 Å². The van der Waals surface area contributed by atoms with E-state index in [1.54, 1.807) is 4.90 Å². The molecule has 25 heavy (non-hydrogen) atoms. The molecule has 3 nitrogen and oxygen atoms in total. The van der Waals surface area contributed by atoms with Gasteiger partial charge in [0.2, 0.25) is 0 Å². The molecule has 0 aliphatic rings. The molecule has 4 heteroatoms. The van der Waals surface area contributed by atoms with Crippen LogP contribution in [0.4, 0.5) is 0 Å². The van der Waals surface area contributed by atoms with Gasteiger partial charge in [-0.25, -0.2) is 0 Å². The second-order valence-electron chi connectivity index (χ2n) is 6.79. The van der Waals surface area contributed by atoms with Crippen molar-refractivity contribution in [2.24, 2.45) is 5.73 Å². The summed E-state index contributed by atoms with van der Waals surface area (Å²) in [5.41, 5.74) is 7.60. The number of halogens is 1. The molecule has 0 aliphatic carbocycles. The highest BCUT2D eigenvalue weighted by Crippen LogP contribution is 2.13. The van der Waals surface area contributed by atoms with E-state index in [-0.39, 0.29) is 18.3 Å². The van der Waals surface area contributed by atoms with Gasteiger partial charge in [-0.1, -0.05) is 64.0 Å². The molecule has 0 spiro atoms. The number of amides is 1. The number of benzene rings is 1. The zero-order valence-electron chi connectivity index (χ0n) is 16.1. The monoisotopic (exact) mass is 368 g/mol. The van der Waals surface area contributed by atoms with E-state index in [0.717, 1.165) is 24.9 Å². The molecule has 1 aromatic carbocycles. The zero-order chi connectivity index (χ0) is 17.6. The van der Waals surface area contributed by atoms with E-state index in [1.165, 1.54) is 56.9 Å². The molecule has 0 saturated carbocycles. The first kappa shape index (κ1) is 23.9. The van der Waals surface area contributed by atoms with Crippen LogP contribution in [0.25, 0.3) is 0 Å². The maximum atomic E-state index is 12.3. The van der Waals surface area contributed by atoms with Crippen LogP contribution >= 0.6 is 12.4 Å². The molecule has 0 saturated heterocycles. The molecule has 0 heterocycles. The van der Waals surface area contributed by atoms with E-state index in [0.29, 0.717) is 6.54 Å². The summed E-state index contributed by atoms with van der Waals surface area (Å²) in [5.74, 6) is 0.0853. The Morgan fingerprint density at radius 1 is 0.920 bits per heavy atom. The van der Waals surface area contributed by atoms with Crippen molar-refractivity contribution in [1.29, 1.82) is 0 Å². The van der Waals surface area contributed by atoms with Gasteiger partial charge >= 0.3 is 0 Å². The van der Waals surface area contributed by atoms with Crippen LogP contribution in [0.3, 0.4) is 0 Å². The van der Waals surface area contributed by atoms with Crippen LogP contribution in [-0.2, 0) is 6.42 Å². The van der Waals surface area contributed by atoms with Crippen molar-refractivity contribution in [3.05, 3.63) is 35.4 Å². The second-order valence-corrected chi connectivity index (χ2v) is 6.79. The van der Waals surface area contributed by atoms with Gasteiger partial charge in [0, 0.05) is 19.2 Å². The van der Waals surface area contributed by atoms with Gasteiger partial charge in [-0.3, -0.25) is 4.79 Å². The van der Waals surface area contributed by atoms with Crippen molar-refractivity contribution >= 4 is 18.3 Å². The van der Waals surface area contributed by atoms with Crippen molar-refractivity contribution < 1.29 is 4.79 Å². The molecule has 0 fully saturated rings. The number of nitrogens with two attached hydrogens (primary N) is 1. The quantitative estimate of drug-likeness (QED) is 0.485. The Bertz CT molecular complexity index is 448. The lowest BCUT2D eigenvalue weighted by atomic mass is 10.0. The Hall–Kier alpha value is -1.06. The molecule has 0 unspecified atom stereocenters. The minimum absolute atomic E-state index is 0. The molecule has 0 aliphatic heterocycles. The van der Waals surface area contributed by atoms with Gasteiger partial charge in [-0.05, 0) is 43.5 Å². The summed E-state index contributed by atoms with van der Waals surface area (Å²) >= 11 is 0. The zero-order valence-corrected chi connectivity index (χ0v) is 17.0. The molecule has 144 valence electrons. The predicted octanol–water partition coefficient (Wildman–Crippen LogP) is 5.21. The number of nitrogens with zero attached hydrogens (tertiary/aromatic N) is 1. The maximum Gasteiger partial charge on any atom is 0.253 e. The van der Waals surface area contributed by atoms with Crippen LogP contribution in [0.2, 0.25) is 0 Å². The van der Waals surface area contributed by atoms with Crippen molar-refractivity contribution in [3.8, 4) is 0 Å². The number of hydrogen-bond acceptors (Lipinski definition) is 2. The summed E-state index contributed by atoms with van der Waals surface area (Å²) < 4.78 is 0. The Morgan fingerprint density at radius 2 is 1.48 bits per heavy atom. The van der Waals surface area contributed by atoms with Gasteiger partial charge in [0.05, 0.1) is 0 Å². The largest absolute Gasteiger partial charge is 0.342 e. The Labute approximate surface area is 160 Å². The third-order valence-electron chi connectivity index (χ3n) is 4.56. The maximum absolute atomic E-state index is 12.3.